The molecule has 7 nitrogen and oxygen atoms in total. The molecule has 0 saturated heterocycles. The Morgan fingerprint density at radius 3 is 1.79 bits per heavy atom. The molecular formula is C7H14O7. The molecule has 0 amide bonds. The van der Waals surface area contributed by atoms with E-state index in [-0.39, 0.29) is 6.29 Å². The lowest BCUT2D eigenvalue weighted by atomic mass is 10.0. The van der Waals surface area contributed by atoms with Crippen molar-refractivity contribution in [3.05, 3.63) is 0 Å². The van der Waals surface area contributed by atoms with Crippen molar-refractivity contribution in [3.63, 3.8) is 0 Å². The van der Waals surface area contributed by atoms with E-state index in [0.717, 1.165) is 0 Å². The standard InChI is InChI=1S/C7H14O7/c8-1-3(10)5(12)7(14)6(13)4(11)2-9/h1,3-7,9-14H,2H2. The third kappa shape index (κ3) is 3.29. The maximum absolute atomic E-state index is 10.00. The minimum Gasteiger partial charge on any atom is -0.394 e. The third-order valence-corrected chi connectivity index (χ3v) is 1.77. The van der Waals surface area contributed by atoms with Crippen LogP contribution in [0.3, 0.4) is 0 Å². The van der Waals surface area contributed by atoms with Crippen LogP contribution >= 0.6 is 0 Å². The van der Waals surface area contributed by atoms with Crippen molar-refractivity contribution in [1.82, 2.24) is 0 Å². The van der Waals surface area contributed by atoms with E-state index in [0.29, 0.717) is 0 Å². The van der Waals surface area contributed by atoms with Crippen molar-refractivity contribution in [2.45, 2.75) is 30.5 Å². The first-order valence-electron chi connectivity index (χ1n) is 3.92. The van der Waals surface area contributed by atoms with E-state index in [1.165, 1.54) is 0 Å². The highest BCUT2D eigenvalue weighted by molar-refractivity contribution is 5.56. The van der Waals surface area contributed by atoms with E-state index >= 15 is 0 Å². The molecule has 0 spiro atoms. The van der Waals surface area contributed by atoms with Gasteiger partial charge in [0, 0.05) is 0 Å². The van der Waals surface area contributed by atoms with Gasteiger partial charge in [-0.2, -0.15) is 0 Å². The van der Waals surface area contributed by atoms with Crippen molar-refractivity contribution in [3.8, 4) is 0 Å². The molecule has 84 valence electrons. The summed E-state index contributed by atoms with van der Waals surface area (Å²) in [6.07, 6.45) is -9.21. The highest BCUT2D eigenvalue weighted by Gasteiger charge is 2.33. The maximum atomic E-state index is 10.00. The van der Waals surface area contributed by atoms with Gasteiger partial charge in [0.2, 0.25) is 0 Å². The summed E-state index contributed by atoms with van der Waals surface area (Å²) < 4.78 is 0. The molecule has 0 fully saturated rings. The van der Waals surface area contributed by atoms with Crippen LogP contribution < -0.4 is 0 Å². The first kappa shape index (κ1) is 13.4. The van der Waals surface area contributed by atoms with Gasteiger partial charge in [0.1, 0.15) is 30.5 Å². The molecule has 5 unspecified atom stereocenters. The first-order valence-corrected chi connectivity index (χ1v) is 3.92. The van der Waals surface area contributed by atoms with Gasteiger partial charge in [-0.3, -0.25) is 0 Å². The van der Waals surface area contributed by atoms with Gasteiger partial charge in [-0.05, 0) is 0 Å². The van der Waals surface area contributed by atoms with Crippen LogP contribution in [-0.4, -0.2) is 74.1 Å². The molecule has 0 heterocycles. The van der Waals surface area contributed by atoms with E-state index in [2.05, 4.69) is 0 Å². The van der Waals surface area contributed by atoms with Gasteiger partial charge in [0.15, 0.2) is 6.29 Å². The molecule has 0 aliphatic heterocycles. The summed E-state index contributed by atoms with van der Waals surface area (Å²) in [5, 5.41) is 53.2. The molecule has 0 aromatic heterocycles. The van der Waals surface area contributed by atoms with Crippen LogP contribution in [0, 0.1) is 0 Å². The average molecular weight is 210 g/mol. The normalized spacial score (nSPS) is 22.1. The number of carbonyl (C=O) groups is 1. The number of carbonyl (C=O) groups excluding carboxylic acids is 1. The minimum atomic E-state index is -1.92. The molecule has 14 heavy (non-hydrogen) atoms. The molecule has 0 aliphatic rings. The Hall–Kier alpha value is -0.570. The predicted molar refractivity (Wildman–Crippen MR) is 43.2 cm³/mol. The molecule has 6 N–H and O–H groups in total. The lowest BCUT2D eigenvalue weighted by molar-refractivity contribution is -0.147. The van der Waals surface area contributed by atoms with E-state index in [1.807, 2.05) is 0 Å². The van der Waals surface area contributed by atoms with Gasteiger partial charge in [-0.1, -0.05) is 0 Å². The summed E-state index contributed by atoms with van der Waals surface area (Å²) in [6.45, 7) is -0.817. The summed E-state index contributed by atoms with van der Waals surface area (Å²) >= 11 is 0. The number of hydrogen-bond donors (Lipinski definition) is 6. The largest absolute Gasteiger partial charge is 0.394 e. The second-order valence-corrected chi connectivity index (χ2v) is 2.85. The third-order valence-electron chi connectivity index (χ3n) is 1.77. The number of aldehydes is 1. The fourth-order valence-corrected chi connectivity index (χ4v) is 0.820. The number of aliphatic hydroxyl groups is 6. The lowest BCUT2D eigenvalue weighted by Gasteiger charge is -2.26. The van der Waals surface area contributed by atoms with Gasteiger partial charge in [-0.15, -0.1) is 0 Å². The Labute approximate surface area is 79.9 Å². The molecule has 0 aliphatic carbocycles. The van der Waals surface area contributed by atoms with E-state index in [1.54, 1.807) is 0 Å². The molecular weight excluding hydrogens is 196 g/mol. The summed E-state index contributed by atoms with van der Waals surface area (Å²) in [5.74, 6) is 0. The van der Waals surface area contributed by atoms with Crippen molar-refractivity contribution < 1.29 is 35.4 Å². The van der Waals surface area contributed by atoms with Gasteiger partial charge >= 0.3 is 0 Å². The first-order chi connectivity index (χ1) is 6.45. The fourth-order valence-electron chi connectivity index (χ4n) is 0.820. The fraction of sp³-hybridized carbons (Fsp3) is 0.857. The van der Waals surface area contributed by atoms with E-state index in [9.17, 15) is 4.79 Å². The number of aliphatic hydroxyl groups excluding tert-OH is 6. The van der Waals surface area contributed by atoms with Gasteiger partial charge in [0.25, 0.3) is 0 Å². The smallest absolute Gasteiger partial charge is 0.151 e. The van der Waals surface area contributed by atoms with Crippen LogP contribution in [0.5, 0.6) is 0 Å². The van der Waals surface area contributed by atoms with Crippen LogP contribution in [0.1, 0.15) is 0 Å². The highest BCUT2D eigenvalue weighted by atomic mass is 16.4. The van der Waals surface area contributed by atoms with Crippen LogP contribution in [0.4, 0.5) is 0 Å². The minimum absolute atomic E-state index is 0.0219. The summed E-state index contributed by atoms with van der Waals surface area (Å²) in [4.78, 5) is 10.00. The van der Waals surface area contributed by atoms with Gasteiger partial charge in [-0.25, -0.2) is 0 Å². The maximum Gasteiger partial charge on any atom is 0.151 e. The van der Waals surface area contributed by atoms with Crippen LogP contribution in [0.25, 0.3) is 0 Å². The molecule has 0 aromatic rings. The molecule has 7 heteroatoms. The Kier molecular flexibility index (Phi) is 5.77. The van der Waals surface area contributed by atoms with Crippen LogP contribution in [0.15, 0.2) is 0 Å². The second-order valence-electron chi connectivity index (χ2n) is 2.85. The summed E-state index contributed by atoms with van der Waals surface area (Å²) in [7, 11) is 0. The predicted octanol–water partition coefficient (Wildman–Crippen LogP) is -4.02. The quantitative estimate of drug-likeness (QED) is 0.245. The van der Waals surface area contributed by atoms with Crippen molar-refractivity contribution in [2.75, 3.05) is 6.61 Å². The number of rotatable bonds is 6. The average Bonchev–Trinajstić information content (AvgIpc) is 2.23. The van der Waals surface area contributed by atoms with Gasteiger partial charge < -0.3 is 35.4 Å². The van der Waals surface area contributed by atoms with Crippen molar-refractivity contribution in [2.24, 2.45) is 0 Å². The molecule has 0 rings (SSSR count). The SMILES string of the molecule is O=CC(O)C(O)C(O)C(O)C(O)CO. The Bertz CT molecular complexity index is 173. The Morgan fingerprint density at radius 2 is 1.43 bits per heavy atom. The molecule has 0 radical (unpaired) electrons. The molecule has 0 bridgehead atoms. The zero-order valence-corrected chi connectivity index (χ0v) is 7.26. The monoisotopic (exact) mass is 210 g/mol. The summed E-state index contributed by atoms with van der Waals surface area (Å²) in [6, 6.07) is 0. The Morgan fingerprint density at radius 1 is 0.929 bits per heavy atom. The summed E-state index contributed by atoms with van der Waals surface area (Å²) in [5.41, 5.74) is 0. The van der Waals surface area contributed by atoms with Crippen molar-refractivity contribution >= 4 is 6.29 Å². The zero-order valence-electron chi connectivity index (χ0n) is 7.26. The topological polar surface area (TPSA) is 138 Å². The second kappa shape index (κ2) is 6.02. The van der Waals surface area contributed by atoms with E-state index < -0.39 is 37.1 Å². The van der Waals surface area contributed by atoms with Crippen LogP contribution in [0.2, 0.25) is 0 Å². The van der Waals surface area contributed by atoms with Crippen LogP contribution in [-0.2, 0) is 4.79 Å². The van der Waals surface area contributed by atoms with Gasteiger partial charge in [0.05, 0.1) is 6.61 Å². The zero-order chi connectivity index (χ0) is 11.3. The molecule has 0 saturated carbocycles. The van der Waals surface area contributed by atoms with E-state index in [4.69, 9.17) is 30.6 Å². The highest BCUT2D eigenvalue weighted by Crippen LogP contribution is 2.07. The Balaban J connectivity index is 4.29. The molecule has 0 aromatic carbocycles. The lowest BCUT2D eigenvalue weighted by Crippen LogP contribution is -2.50. The number of hydrogen-bond acceptors (Lipinski definition) is 7. The van der Waals surface area contributed by atoms with Crippen molar-refractivity contribution in [1.29, 1.82) is 0 Å². The molecule has 5 atom stereocenters.